The summed E-state index contributed by atoms with van der Waals surface area (Å²) in [4.78, 5) is 39.4. The van der Waals surface area contributed by atoms with Gasteiger partial charge in [-0.15, -0.1) is 11.8 Å². The number of carbonyl (C=O) groups is 1. The number of fused-ring (bicyclic) bond motifs is 1. The molecule has 1 N–H and O–H groups in total. The van der Waals surface area contributed by atoms with Gasteiger partial charge < -0.3 is 10.1 Å². The number of aromatic nitrogens is 2. The number of carbonyl (C=O) groups excluding carboxylic acids is 1. The van der Waals surface area contributed by atoms with E-state index in [1.807, 2.05) is 24.5 Å². The third-order valence-corrected chi connectivity index (χ3v) is 5.24. The molecule has 0 unspecified atom stereocenters. The number of methoxy groups -OCH3 is 1. The predicted octanol–water partition coefficient (Wildman–Crippen LogP) is 2.56. The lowest BCUT2D eigenvalue weighted by Gasteiger charge is -2.14. The first-order valence-corrected chi connectivity index (χ1v) is 10.4. The van der Waals surface area contributed by atoms with Gasteiger partial charge in [-0.2, -0.15) is 0 Å². The van der Waals surface area contributed by atoms with Crippen LogP contribution in [0.25, 0.3) is 10.9 Å². The molecular formula is C21H23N3O4S. The van der Waals surface area contributed by atoms with Gasteiger partial charge in [0.05, 0.1) is 10.9 Å². The lowest BCUT2D eigenvalue weighted by atomic mass is 10.2. The third-order valence-electron chi connectivity index (χ3n) is 4.52. The zero-order valence-corrected chi connectivity index (χ0v) is 17.2. The maximum Gasteiger partial charge on any atom is 0.331 e. The van der Waals surface area contributed by atoms with Gasteiger partial charge >= 0.3 is 5.69 Å². The van der Waals surface area contributed by atoms with Crippen LogP contribution in [0.1, 0.15) is 6.42 Å². The summed E-state index contributed by atoms with van der Waals surface area (Å²) in [5.41, 5.74) is 0.245. The van der Waals surface area contributed by atoms with Crippen LogP contribution in [-0.2, 0) is 22.6 Å². The molecule has 152 valence electrons. The van der Waals surface area contributed by atoms with Crippen LogP contribution in [0, 0.1) is 0 Å². The molecule has 0 saturated carbocycles. The number of ether oxygens (including phenoxy) is 1. The summed E-state index contributed by atoms with van der Waals surface area (Å²) in [6.07, 6.45) is 2.48. The molecule has 0 atom stereocenters. The van der Waals surface area contributed by atoms with E-state index in [1.54, 1.807) is 49.2 Å². The minimum absolute atomic E-state index is 0.187. The number of hydrogen-bond acceptors (Lipinski definition) is 5. The van der Waals surface area contributed by atoms with E-state index in [0.717, 1.165) is 4.90 Å². The van der Waals surface area contributed by atoms with E-state index in [9.17, 15) is 14.4 Å². The van der Waals surface area contributed by atoms with Crippen LogP contribution >= 0.6 is 11.8 Å². The van der Waals surface area contributed by atoms with E-state index < -0.39 is 5.69 Å². The van der Waals surface area contributed by atoms with Gasteiger partial charge in [-0.3, -0.25) is 18.7 Å². The van der Waals surface area contributed by atoms with Crippen molar-refractivity contribution in [3.05, 3.63) is 69.4 Å². The zero-order valence-electron chi connectivity index (χ0n) is 16.4. The van der Waals surface area contributed by atoms with Crippen LogP contribution in [0.3, 0.4) is 0 Å². The second kappa shape index (κ2) is 9.58. The number of nitrogens with zero attached hydrogens (tertiary/aromatic N) is 2. The highest BCUT2D eigenvalue weighted by Crippen LogP contribution is 2.19. The number of rotatable bonds is 8. The molecule has 1 aromatic heterocycles. The Morgan fingerprint density at radius 2 is 1.90 bits per heavy atom. The molecule has 0 saturated heterocycles. The highest BCUT2D eigenvalue weighted by molar-refractivity contribution is 7.98. The molecule has 2 aromatic carbocycles. The van der Waals surface area contributed by atoms with E-state index >= 15 is 0 Å². The second-order valence-electron chi connectivity index (χ2n) is 6.47. The molecule has 0 aliphatic rings. The summed E-state index contributed by atoms with van der Waals surface area (Å²) < 4.78 is 7.53. The molecule has 0 bridgehead atoms. The molecule has 0 fully saturated rings. The molecule has 0 spiro atoms. The summed E-state index contributed by atoms with van der Waals surface area (Å²) in [6.45, 7) is 0.478. The molecule has 0 aliphatic carbocycles. The van der Waals surface area contributed by atoms with Gasteiger partial charge in [-0.05, 0) is 43.0 Å². The van der Waals surface area contributed by atoms with Crippen molar-refractivity contribution in [2.75, 3.05) is 25.3 Å². The number of thioether (sulfide) groups is 1. The topological polar surface area (TPSA) is 82.3 Å². The molecule has 1 amide bonds. The number of amides is 1. The molecule has 29 heavy (non-hydrogen) atoms. The summed E-state index contributed by atoms with van der Waals surface area (Å²) in [5, 5.41) is 3.23. The number of nitrogens with one attached hydrogen (secondary N) is 1. The van der Waals surface area contributed by atoms with Gasteiger partial charge in [0.25, 0.3) is 5.56 Å². The molecule has 3 aromatic rings. The van der Waals surface area contributed by atoms with Gasteiger partial charge in [-0.25, -0.2) is 4.79 Å². The standard InChI is InChI=1S/C21H23N3O4S/c1-28-12-6-11-23-20(26)17-9-3-4-10-18(17)24(21(23)27)14-19(25)22-15-7-5-8-16(13-15)29-2/h3-5,7-10,13H,6,11-12,14H2,1-2H3,(H,22,25). The van der Waals surface area contributed by atoms with Crippen molar-refractivity contribution in [3.8, 4) is 0 Å². The Balaban J connectivity index is 1.96. The van der Waals surface area contributed by atoms with Crippen LogP contribution in [0.2, 0.25) is 0 Å². The average Bonchev–Trinajstić information content (AvgIpc) is 2.73. The maximum atomic E-state index is 13.0. The van der Waals surface area contributed by atoms with Crippen molar-refractivity contribution < 1.29 is 9.53 Å². The fourth-order valence-electron chi connectivity index (χ4n) is 3.13. The largest absolute Gasteiger partial charge is 0.385 e. The van der Waals surface area contributed by atoms with Gasteiger partial charge in [-0.1, -0.05) is 18.2 Å². The van der Waals surface area contributed by atoms with Crippen molar-refractivity contribution >= 4 is 34.3 Å². The van der Waals surface area contributed by atoms with Crippen LogP contribution in [0.15, 0.2) is 63.0 Å². The lowest BCUT2D eigenvalue weighted by Crippen LogP contribution is -2.42. The molecule has 0 aliphatic heterocycles. The summed E-state index contributed by atoms with van der Waals surface area (Å²) >= 11 is 1.58. The monoisotopic (exact) mass is 413 g/mol. The maximum absolute atomic E-state index is 13.0. The number of anilines is 1. The van der Waals surface area contributed by atoms with Crippen molar-refractivity contribution in [1.82, 2.24) is 9.13 Å². The molecule has 3 rings (SSSR count). The average molecular weight is 413 g/mol. The first-order valence-electron chi connectivity index (χ1n) is 9.20. The van der Waals surface area contributed by atoms with E-state index in [1.165, 1.54) is 9.13 Å². The number of hydrogen-bond donors (Lipinski definition) is 1. The molecular weight excluding hydrogens is 390 g/mol. The Kier molecular flexibility index (Phi) is 6.90. The van der Waals surface area contributed by atoms with Crippen LogP contribution < -0.4 is 16.6 Å². The minimum Gasteiger partial charge on any atom is -0.385 e. The normalized spacial score (nSPS) is 11.0. The van der Waals surface area contributed by atoms with Crippen molar-refractivity contribution in [3.63, 3.8) is 0 Å². The molecule has 0 radical (unpaired) electrons. The predicted molar refractivity (Wildman–Crippen MR) is 116 cm³/mol. The molecule has 8 heteroatoms. The quantitative estimate of drug-likeness (QED) is 0.453. The Labute approximate surface area is 172 Å². The number of benzene rings is 2. The van der Waals surface area contributed by atoms with E-state index in [0.29, 0.717) is 29.6 Å². The van der Waals surface area contributed by atoms with E-state index in [-0.39, 0.29) is 24.6 Å². The summed E-state index contributed by atoms with van der Waals surface area (Å²) in [6, 6.07) is 14.3. The lowest BCUT2D eigenvalue weighted by molar-refractivity contribution is -0.116. The highest BCUT2D eigenvalue weighted by atomic mass is 32.2. The fraction of sp³-hybridized carbons (Fsp3) is 0.286. The SMILES string of the molecule is COCCCn1c(=O)c2ccccc2n(CC(=O)Nc2cccc(SC)c2)c1=O. The van der Waals surface area contributed by atoms with Crippen molar-refractivity contribution in [2.24, 2.45) is 0 Å². The third kappa shape index (κ3) is 4.78. The Morgan fingerprint density at radius 1 is 1.10 bits per heavy atom. The Bertz CT molecular complexity index is 1140. The smallest absolute Gasteiger partial charge is 0.331 e. The van der Waals surface area contributed by atoms with Gasteiger partial charge in [0.15, 0.2) is 0 Å². The van der Waals surface area contributed by atoms with Crippen LogP contribution in [0.4, 0.5) is 5.69 Å². The Morgan fingerprint density at radius 3 is 2.66 bits per heavy atom. The summed E-state index contributed by atoms with van der Waals surface area (Å²) in [5.74, 6) is -0.336. The molecule has 1 heterocycles. The van der Waals surface area contributed by atoms with E-state index in [4.69, 9.17) is 4.74 Å². The van der Waals surface area contributed by atoms with Crippen molar-refractivity contribution in [1.29, 1.82) is 0 Å². The zero-order chi connectivity index (χ0) is 20.8. The van der Waals surface area contributed by atoms with Crippen molar-refractivity contribution in [2.45, 2.75) is 24.4 Å². The summed E-state index contributed by atoms with van der Waals surface area (Å²) in [7, 11) is 1.57. The van der Waals surface area contributed by atoms with Gasteiger partial charge in [0.2, 0.25) is 5.91 Å². The van der Waals surface area contributed by atoms with E-state index in [2.05, 4.69) is 5.32 Å². The fourth-order valence-corrected chi connectivity index (χ4v) is 3.59. The van der Waals surface area contributed by atoms with Gasteiger partial charge in [0, 0.05) is 30.8 Å². The van der Waals surface area contributed by atoms with Crippen LogP contribution in [0.5, 0.6) is 0 Å². The highest BCUT2D eigenvalue weighted by Gasteiger charge is 2.15. The minimum atomic E-state index is -0.502. The first kappa shape index (κ1) is 20.9. The van der Waals surface area contributed by atoms with Crippen LogP contribution in [-0.4, -0.2) is 35.0 Å². The Hall–Kier alpha value is -2.84. The number of para-hydroxylation sites is 1. The molecule has 7 nitrogen and oxygen atoms in total. The second-order valence-corrected chi connectivity index (χ2v) is 7.35. The first-order chi connectivity index (χ1) is 14.0. The van der Waals surface area contributed by atoms with Gasteiger partial charge in [0.1, 0.15) is 6.54 Å².